The molecule has 0 amide bonds. The second kappa shape index (κ2) is 5.16. The first-order valence-electron chi connectivity index (χ1n) is 6.28. The van der Waals surface area contributed by atoms with Gasteiger partial charge < -0.3 is 4.90 Å². The van der Waals surface area contributed by atoms with Crippen molar-refractivity contribution in [2.45, 2.75) is 38.8 Å². The molecule has 18 heavy (non-hydrogen) atoms. The van der Waals surface area contributed by atoms with E-state index in [1.165, 1.54) is 6.07 Å². The third kappa shape index (κ3) is 2.94. The highest BCUT2D eigenvalue weighted by Gasteiger charge is 2.33. The number of hydrogen-bond acceptors (Lipinski definition) is 2. The molecule has 2 heterocycles. The summed E-state index contributed by atoms with van der Waals surface area (Å²) in [5.41, 5.74) is 0.0113. The van der Waals surface area contributed by atoms with Crippen molar-refractivity contribution in [3.8, 4) is 0 Å². The molecule has 1 aromatic heterocycles. The average molecular weight is 258 g/mol. The maximum atomic E-state index is 12.7. The zero-order chi connectivity index (χ0) is 13.2. The zero-order valence-corrected chi connectivity index (χ0v) is 10.4. The first-order valence-corrected chi connectivity index (χ1v) is 6.28. The molecule has 0 aromatic carbocycles. The number of aromatic nitrogens is 1. The molecule has 1 aliphatic rings. The maximum absolute atomic E-state index is 12.7. The Hall–Kier alpha value is -1.26. The van der Waals surface area contributed by atoms with E-state index in [2.05, 4.69) is 4.98 Å². The number of aryl methyl sites for hydroxylation is 1. The molecule has 0 atom stereocenters. The lowest BCUT2D eigenvalue weighted by Crippen LogP contribution is -2.26. The molecule has 0 radical (unpaired) electrons. The molecule has 1 aromatic rings. The van der Waals surface area contributed by atoms with Crippen LogP contribution in [0.15, 0.2) is 12.1 Å². The highest BCUT2D eigenvalue weighted by Crippen LogP contribution is 2.31. The van der Waals surface area contributed by atoms with Gasteiger partial charge in [-0.1, -0.05) is 18.9 Å². The van der Waals surface area contributed by atoms with E-state index in [9.17, 15) is 13.2 Å². The van der Waals surface area contributed by atoms with Crippen LogP contribution in [0, 0.1) is 6.92 Å². The van der Waals surface area contributed by atoms with Crippen molar-refractivity contribution in [2.24, 2.45) is 0 Å². The van der Waals surface area contributed by atoms with Crippen LogP contribution in [0.3, 0.4) is 0 Å². The van der Waals surface area contributed by atoms with Crippen molar-refractivity contribution in [1.82, 2.24) is 4.98 Å². The Kier molecular flexibility index (Phi) is 3.78. The molecule has 5 heteroatoms. The van der Waals surface area contributed by atoms with E-state index < -0.39 is 11.9 Å². The Bertz CT molecular complexity index is 407. The van der Waals surface area contributed by atoms with Crippen LogP contribution in [0.25, 0.3) is 0 Å². The van der Waals surface area contributed by atoms with Gasteiger partial charge in [0.25, 0.3) is 0 Å². The van der Waals surface area contributed by atoms with Crippen molar-refractivity contribution in [3.05, 3.63) is 23.4 Å². The Balaban J connectivity index is 2.30. The Morgan fingerprint density at radius 1 is 1.06 bits per heavy atom. The van der Waals surface area contributed by atoms with E-state index in [1.807, 2.05) is 11.8 Å². The van der Waals surface area contributed by atoms with Crippen LogP contribution < -0.4 is 4.90 Å². The number of halogens is 3. The molecule has 1 aliphatic heterocycles. The van der Waals surface area contributed by atoms with Gasteiger partial charge in [0.15, 0.2) is 0 Å². The Morgan fingerprint density at radius 3 is 2.22 bits per heavy atom. The van der Waals surface area contributed by atoms with Crippen molar-refractivity contribution in [2.75, 3.05) is 18.0 Å². The maximum Gasteiger partial charge on any atom is 0.433 e. The van der Waals surface area contributed by atoms with E-state index in [0.717, 1.165) is 50.4 Å². The SMILES string of the molecule is Cc1ccc(C(F)(F)F)nc1N1CCCCCC1. The first-order chi connectivity index (χ1) is 8.48. The van der Waals surface area contributed by atoms with Gasteiger partial charge in [-0.15, -0.1) is 0 Å². The summed E-state index contributed by atoms with van der Waals surface area (Å²) in [5, 5.41) is 0. The molecule has 0 bridgehead atoms. The van der Waals surface area contributed by atoms with Crippen LogP contribution in [-0.4, -0.2) is 18.1 Å². The van der Waals surface area contributed by atoms with E-state index in [0.29, 0.717) is 5.82 Å². The number of hydrogen-bond donors (Lipinski definition) is 0. The van der Waals surface area contributed by atoms with Gasteiger partial charge in [0.2, 0.25) is 0 Å². The minimum atomic E-state index is -4.37. The third-order valence-corrected chi connectivity index (χ3v) is 3.27. The number of alkyl halides is 3. The second-order valence-electron chi connectivity index (χ2n) is 4.74. The normalized spacial score (nSPS) is 17.7. The number of rotatable bonds is 1. The van der Waals surface area contributed by atoms with Gasteiger partial charge in [0.05, 0.1) is 0 Å². The van der Waals surface area contributed by atoms with Gasteiger partial charge >= 0.3 is 6.18 Å². The number of nitrogens with zero attached hydrogens (tertiary/aromatic N) is 2. The van der Waals surface area contributed by atoms with Gasteiger partial charge in [-0.3, -0.25) is 0 Å². The topological polar surface area (TPSA) is 16.1 Å². The average Bonchev–Trinajstić information content (AvgIpc) is 2.56. The van der Waals surface area contributed by atoms with Crippen LogP contribution in [0.2, 0.25) is 0 Å². The third-order valence-electron chi connectivity index (χ3n) is 3.27. The first kappa shape index (κ1) is 13.2. The summed E-state index contributed by atoms with van der Waals surface area (Å²) in [7, 11) is 0. The lowest BCUT2D eigenvalue weighted by atomic mass is 10.2. The smallest absolute Gasteiger partial charge is 0.356 e. The van der Waals surface area contributed by atoms with Gasteiger partial charge in [-0.2, -0.15) is 13.2 Å². The quantitative estimate of drug-likeness (QED) is 0.762. The molecule has 0 saturated carbocycles. The van der Waals surface area contributed by atoms with E-state index in [4.69, 9.17) is 0 Å². The predicted octanol–water partition coefficient (Wildman–Crippen LogP) is 3.79. The summed E-state index contributed by atoms with van der Waals surface area (Å²) in [6.45, 7) is 3.41. The summed E-state index contributed by atoms with van der Waals surface area (Å²) in [4.78, 5) is 5.79. The lowest BCUT2D eigenvalue weighted by molar-refractivity contribution is -0.141. The van der Waals surface area contributed by atoms with E-state index >= 15 is 0 Å². The number of pyridine rings is 1. The van der Waals surface area contributed by atoms with Gasteiger partial charge in [0, 0.05) is 13.1 Å². The van der Waals surface area contributed by atoms with Crippen LogP contribution >= 0.6 is 0 Å². The molecule has 100 valence electrons. The fourth-order valence-corrected chi connectivity index (χ4v) is 2.28. The summed E-state index contributed by atoms with van der Waals surface area (Å²) >= 11 is 0. The largest absolute Gasteiger partial charge is 0.433 e. The molecule has 0 spiro atoms. The van der Waals surface area contributed by atoms with E-state index in [1.54, 1.807) is 0 Å². The molecule has 1 fully saturated rings. The second-order valence-corrected chi connectivity index (χ2v) is 4.74. The molecule has 1 saturated heterocycles. The molecular weight excluding hydrogens is 241 g/mol. The highest BCUT2D eigenvalue weighted by atomic mass is 19.4. The van der Waals surface area contributed by atoms with Crippen LogP contribution in [0.1, 0.15) is 36.9 Å². The molecule has 0 N–H and O–H groups in total. The Labute approximate surface area is 105 Å². The van der Waals surface area contributed by atoms with E-state index in [-0.39, 0.29) is 0 Å². The van der Waals surface area contributed by atoms with Gasteiger partial charge in [-0.25, -0.2) is 4.98 Å². The fraction of sp³-hybridized carbons (Fsp3) is 0.615. The molecule has 2 rings (SSSR count). The van der Waals surface area contributed by atoms with Crippen molar-refractivity contribution in [1.29, 1.82) is 0 Å². The van der Waals surface area contributed by atoms with Crippen LogP contribution in [-0.2, 0) is 6.18 Å². The zero-order valence-electron chi connectivity index (χ0n) is 10.4. The minimum Gasteiger partial charge on any atom is -0.356 e. The molecule has 0 aliphatic carbocycles. The minimum absolute atomic E-state index is 0.492. The standard InChI is InChI=1S/C13H17F3N2/c1-10-6-7-11(13(14,15)16)17-12(10)18-8-4-2-3-5-9-18/h6-7H,2-5,8-9H2,1H3. The monoisotopic (exact) mass is 258 g/mol. The van der Waals surface area contributed by atoms with Crippen LogP contribution in [0.4, 0.5) is 19.0 Å². The lowest BCUT2D eigenvalue weighted by Gasteiger charge is -2.24. The van der Waals surface area contributed by atoms with Crippen molar-refractivity contribution < 1.29 is 13.2 Å². The Morgan fingerprint density at radius 2 is 1.67 bits per heavy atom. The molecule has 2 nitrogen and oxygen atoms in total. The summed E-state index contributed by atoms with van der Waals surface area (Å²) in [6, 6.07) is 2.56. The molecular formula is C13H17F3N2. The predicted molar refractivity (Wildman–Crippen MR) is 64.7 cm³/mol. The van der Waals surface area contributed by atoms with Gasteiger partial charge in [0.1, 0.15) is 11.5 Å². The summed E-state index contributed by atoms with van der Waals surface area (Å²) in [6.07, 6.45) is -0.0218. The van der Waals surface area contributed by atoms with Gasteiger partial charge in [-0.05, 0) is 31.4 Å². The van der Waals surface area contributed by atoms with Crippen LogP contribution in [0.5, 0.6) is 0 Å². The van der Waals surface area contributed by atoms with Crippen molar-refractivity contribution >= 4 is 5.82 Å². The fourth-order valence-electron chi connectivity index (χ4n) is 2.28. The van der Waals surface area contributed by atoms with Crippen molar-refractivity contribution in [3.63, 3.8) is 0 Å². The summed E-state index contributed by atoms with van der Waals surface area (Å²) < 4.78 is 38.0. The summed E-state index contributed by atoms with van der Waals surface area (Å²) in [5.74, 6) is 0.492. The highest BCUT2D eigenvalue weighted by molar-refractivity contribution is 5.47. The molecule has 0 unspecified atom stereocenters. The number of anilines is 1.